The number of hydrogen-bond acceptors (Lipinski definition) is 4. The fourth-order valence-electron chi connectivity index (χ4n) is 4.30. The minimum Gasteiger partial charge on any atom is -0.338 e. The largest absolute Gasteiger partial charge is 0.338 e. The molecule has 0 spiro atoms. The van der Waals surface area contributed by atoms with Gasteiger partial charge in [0.05, 0.1) is 22.0 Å². The zero-order valence-corrected chi connectivity index (χ0v) is 18.1. The maximum Gasteiger partial charge on any atom is 0.328 e. The Bertz CT molecular complexity index is 1580. The Morgan fingerprint density at radius 1 is 1.09 bits per heavy atom. The van der Waals surface area contributed by atoms with Gasteiger partial charge < -0.3 is 4.90 Å². The Balaban J connectivity index is 1.59. The van der Waals surface area contributed by atoms with Crippen molar-refractivity contribution in [1.82, 2.24) is 19.4 Å². The summed E-state index contributed by atoms with van der Waals surface area (Å²) in [5, 5.41) is 0.768. The third-order valence-electron chi connectivity index (χ3n) is 6.25. The van der Waals surface area contributed by atoms with E-state index in [1.165, 1.54) is 40.9 Å². The lowest BCUT2D eigenvalue weighted by Crippen LogP contribution is -2.42. The van der Waals surface area contributed by atoms with Crippen LogP contribution in [0.5, 0.6) is 0 Å². The molecule has 34 heavy (non-hydrogen) atoms. The number of hydrogen-bond donors (Lipinski definition) is 1. The first-order valence-electron chi connectivity index (χ1n) is 10.6. The van der Waals surface area contributed by atoms with Crippen LogP contribution in [0.2, 0.25) is 0 Å². The zero-order valence-electron chi connectivity index (χ0n) is 18.1. The lowest BCUT2D eigenvalue weighted by atomic mass is 9.99. The molecular formula is C24H19F3N4O3. The van der Waals surface area contributed by atoms with E-state index in [0.29, 0.717) is 16.5 Å². The third kappa shape index (κ3) is 3.64. The molecule has 1 saturated heterocycles. The highest BCUT2D eigenvalue weighted by atomic mass is 19.3. The maximum atomic E-state index is 15.0. The highest BCUT2D eigenvalue weighted by Gasteiger charge is 2.35. The van der Waals surface area contributed by atoms with E-state index in [1.807, 2.05) is 0 Å². The fourth-order valence-corrected chi connectivity index (χ4v) is 4.30. The first-order valence-corrected chi connectivity index (χ1v) is 10.6. The zero-order chi connectivity index (χ0) is 24.2. The Labute approximate surface area is 190 Å². The molecule has 1 aliphatic rings. The molecule has 2 aromatic heterocycles. The van der Waals surface area contributed by atoms with Gasteiger partial charge in [0.15, 0.2) is 0 Å². The van der Waals surface area contributed by atoms with E-state index in [0.717, 1.165) is 0 Å². The number of nitrogens with one attached hydrogen (secondary N) is 1. The van der Waals surface area contributed by atoms with Gasteiger partial charge in [-0.05, 0) is 35.9 Å². The predicted octanol–water partition coefficient (Wildman–Crippen LogP) is 3.45. The molecule has 0 radical (unpaired) electrons. The van der Waals surface area contributed by atoms with Gasteiger partial charge in [-0.2, -0.15) is 0 Å². The predicted molar refractivity (Wildman–Crippen MR) is 121 cm³/mol. The number of halogens is 3. The molecular weight excluding hydrogens is 449 g/mol. The number of fused-ring (bicyclic) bond motifs is 2. The van der Waals surface area contributed by atoms with Crippen molar-refractivity contribution in [3.8, 4) is 11.1 Å². The number of aryl methyl sites for hydroxylation is 1. The van der Waals surface area contributed by atoms with Crippen molar-refractivity contribution in [2.24, 2.45) is 7.05 Å². The second-order valence-electron chi connectivity index (χ2n) is 8.42. The van der Waals surface area contributed by atoms with Gasteiger partial charge in [-0.15, -0.1) is 0 Å². The van der Waals surface area contributed by atoms with Crippen LogP contribution in [0.1, 0.15) is 23.2 Å². The lowest BCUT2D eigenvalue weighted by Gasteiger charge is -2.31. The molecule has 0 unspecified atom stereocenters. The molecule has 10 heteroatoms. The molecule has 1 N–H and O–H groups in total. The maximum absolute atomic E-state index is 15.0. The van der Waals surface area contributed by atoms with E-state index in [-0.39, 0.29) is 48.0 Å². The molecule has 0 aliphatic carbocycles. The average molecular weight is 468 g/mol. The van der Waals surface area contributed by atoms with Crippen LogP contribution in [0.25, 0.3) is 32.9 Å². The summed E-state index contributed by atoms with van der Waals surface area (Å²) in [5.41, 5.74) is 0.268. The Morgan fingerprint density at radius 2 is 1.82 bits per heavy atom. The van der Waals surface area contributed by atoms with Crippen molar-refractivity contribution in [2.45, 2.75) is 18.8 Å². The lowest BCUT2D eigenvalue weighted by molar-refractivity contribution is -0.0494. The number of carbonyl (C=O) groups is 1. The van der Waals surface area contributed by atoms with Gasteiger partial charge in [-0.25, -0.2) is 18.0 Å². The van der Waals surface area contributed by atoms with E-state index in [1.54, 1.807) is 18.2 Å². The third-order valence-corrected chi connectivity index (χ3v) is 6.25. The van der Waals surface area contributed by atoms with E-state index in [9.17, 15) is 27.6 Å². The van der Waals surface area contributed by atoms with Crippen LogP contribution < -0.4 is 11.2 Å². The number of aromatic nitrogens is 3. The van der Waals surface area contributed by atoms with Crippen LogP contribution in [0.4, 0.5) is 13.2 Å². The van der Waals surface area contributed by atoms with Crippen LogP contribution in [0.15, 0.2) is 52.2 Å². The number of alkyl halides is 2. The first kappa shape index (κ1) is 21.9. The van der Waals surface area contributed by atoms with Gasteiger partial charge >= 0.3 is 5.69 Å². The Morgan fingerprint density at radius 3 is 2.56 bits per heavy atom. The fraction of sp³-hybridized carbons (Fsp3) is 0.250. The van der Waals surface area contributed by atoms with E-state index < -0.39 is 28.9 Å². The molecule has 0 bridgehead atoms. The molecule has 3 heterocycles. The van der Waals surface area contributed by atoms with Crippen LogP contribution in [-0.2, 0) is 7.05 Å². The number of carbonyl (C=O) groups excluding carboxylic acids is 1. The van der Waals surface area contributed by atoms with Gasteiger partial charge in [0.2, 0.25) is 0 Å². The molecule has 4 aromatic rings. The van der Waals surface area contributed by atoms with Crippen molar-refractivity contribution in [1.29, 1.82) is 0 Å². The van der Waals surface area contributed by atoms with Gasteiger partial charge in [0.25, 0.3) is 17.4 Å². The van der Waals surface area contributed by atoms with Crippen molar-refractivity contribution < 1.29 is 18.0 Å². The van der Waals surface area contributed by atoms with Gasteiger partial charge in [-0.3, -0.25) is 24.1 Å². The van der Waals surface area contributed by atoms with Crippen LogP contribution in [0, 0.1) is 5.82 Å². The molecule has 7 nitrogen and oxygen atoms in total. The minimum absolute atomic E-state index is 0.0481. The van der Waals surface area contributed by atoms with Crippen molar-refractivity contribution in [2.75, 3.05) is 13.1 Å². The van der Waals surface area contributed by atoms with Crippen LogP contribution in [0.3, 0.4) is 0 Å². The monoisotopic (exact) mass is 468 g/mol. The number of amides is 1. The molecule has 2 aromatic carbocycles. The SMILES string of the molecule is Cn1c(=O)[nH]c(=O)c2ccc(-c3c(F)ccc4cc(C(=O)N5CCC(F)(F)CC5)cnc34)cc21. The summed E-state index contributed by atoms with van der Waals surface area (Å²) in [6.45, 7) is -0.0963. The van der Waals surface area contributed by atoms with Crippen molar-refractivity contribution in [3.63, 3.8) is 0 Å². The van der Waals surface area contributed by atoms with Crippen LogP contribution >= 0.6 is 0 Å². The molecule has 174 valence electrons. The number of aromatic amines is 1. The van der Waals surface area contributed by atoms with Gasteiger partial charge in [-0.1, -0.05) is 6.07 Å². The number of piperidine rings is 1. The summed E-state index contributed by atoms with van der Waals surface area (Å²) >= 11 is 0. The highest BCUT2D eigenvalue weighted by Crippen LogP contribution is 2.33. The Kier molecular flexibility index (Phi) is 5.03. The smallest absolute Gasteiger partial charge is 0.328 e. The number of rotatable bonds is 2. The topological polar surface area (TPSA) is 88.1 Å². The summed E-state index contributed by atoms with van der Waals surface area (Å²) < 4.78 is 43.1. The van der Waals surface area contributed by atoms with Gasteiger partial charge in [0, 0.05) is 50.1 Å². The van der Waals surface area contributed by atoms with Gasteiger partial charge in [0.1, 0.15) is 5.82 Å². The quantitative estimate of drug-likeness (QED) is 0.488. The minimum atomic E-state index is -2.76. The molecule has 5 rings (SSSR count). The summed E-state index contributed by atoms with van der Waals surface area (Å²) in [6, 6.07) is 8.90. The first-order chi connectivity index (χ1) is 16.1. The second-order valence-corrected chi connectivity index (χ2v) is 8.42. The van der Waals surface area contributed by atoms with Crippen molar-refractivity contribution in [3.05, 3.63) is 74.8 Å². The number of benzene rings is 2. The van der Waals surface area contributed by atoms with E-state index in [2.05, 4.69) is 9.97 Å². The molecule has 0 saturated carbocycles. The average Bonchev–Trinajstić information content (AvgIpc) is 2.81. The van der Waals surface area contributed by atoms with Crippen molar-refractivity contribution >= 4 is 27.7 Å². The summed E-state index contributed by atoms with van der Waals surface area (Å²) in [6.07, 6.45) is 0.534. The molecule has 1 aliphatic heterocycles. The highest BCUT2D eigenvalue weighted by molar-refractivity contribution is 6.01. The number of nitrogens with zero attached hydrogens (tertiary/aromatic N) is 3. The number of H-pyrrole nitrogens is 1. The molecule has 1 fully saturated rings. The number of pyridine rings is 1. The molecule has 1 amide bonds. The second kappa shape index (κ2) is 7.82. The van der Waals surface area contributed by atoms with Crippen LogP contribution in [-0.4, -0.2) is 44.4 Å². The Hall–Kier alpha value is -3.95. The van der Waals surface area contributed by atoms with E-state index >= 15 is 0 Å². The summed E-state index contributed by atoms with van der Waals surface area (Å²) in [4.78, 5) is 44.8. The number of likely N-dealkylation sites (tertiary alicyclic amines) is 1. The summed E-state index contributed by atoms with van der Waals surface area (Å²) in [5.74, 6) is -3.73. The molecule has 0 atom stereocenters. The summed E-state index contributed by atoms with van der Waals surface area (Å²) in [7, 11) is 1.50. The van der Waals surface area contributed by atoms with E-state index in [4.69, 9.17) is 0 Å². The standard InChI is InChI=1S/C24H19F3N4O3/c1-30-18-11-13(2-4-16(18)21(32)29-23(30)34)19-17(25)5-3-14-10-15(12-28-20(14)19)22(33)31-8-6-24(26,27)7-9-31/h2-5,10-12H,6-9H2,1H3,(H,29,32,34). The normalized spacial score (nSPS) is 15.7.